The first kappa shape index (κ1) is 19.7. The molecule has 0 radical (unpaired) electrons. The predicted octanol–water partition coefficient (Wildman–Crippen LogP) is 3.80. The number of hydrogen-bond donors (Lipinski definition) is 1. The van der Waals surface area contributed by atoms with Crippen LogP contribution in [0.1, 0.15) is 57.5 Å². The van der Waals surface area contributed by atoms with Crippen molar-refractivity contribution in [2.45, 2.75) is 32.2 Å². The van der Waals surface area contributed by atoms with Gasteiger partial charge in [-0.25, -0.2) is 9.97 Å². The summed E-state index contributed by atoms with van der Waals surface area (Å²) in [5, 5.41) is 2.86. The van der Waals surface area contributed by atoms with Gasteiger partial charge in [0.15, 0.2) is 5.82 Å². The van der Waals surface area contributed by atoms with Gasteiger partial charge in [0, 0.05) is 36.4 Å². The van der Waals surface area contributed by atoms with Crippen LogP contribution in [0, 0.1) is 6.92 Å². The number of benzene rings is 1. The smallest absolute Gasteiger partial charge is 0.259 e. The van der Waals surface area contributed by atoms with Crippen LogP contribution in [0.4, 0.5) is 5.69 Å². The van der Waals surface area contributed by atoms with E-state index in [0.29, 0.717) is 34.9 Å². The van der Waals surface area contributed by atoms with E-state index in [2.05, 4.69) is 20.3 Å². The predicted molar refractivity (Wildman–Crippen MR) is 113 cm³/mol. The van der Waals surface area contributed by atoms with Crippen LogP contribution in [0.5, 0.6) is 0 Å². The standard InChI is InChI=1S/C23H23N5O2/c1-16-19(22(29)27-18-7-3-2-4-8-18)15-25-21(26-16)20-9-5-6-14-28(20)23(30)17-10-12-24-13-11-17/h2-4,7-8,10-13,15,20H,5-6,9,14H2,1H3,(H,27,29)/t20-/m0/s1. The number of carbonyl (C=O) groups is 2. The van der Waals surface area contributed by atoms with Crippen molar-refractivity contribution in [3.63, 3.8) is 0 Å². The lowest BCUT2D eigenvalue weighted by Gasteiger charge is -2.35. The van der Waals surface area contributed by atoms with Crippen LogP contribution in [-0.2, 0) is 0 Å². The molecule has 2 amide bonds. The minimum Gasteiger partial charge on any atom is -0.328 e. The Hall–Kier alpha value is -3.61. The van der Waals surface area contributed by atoms with Crippen molar-refractivity contribution in [2.75, 3.05) is 11.9 Å². The van der Waals surface area contributed by atoms with Crippen molar-refractivity contribution in [3.05, 3.63) is 83.7 Å². The van der Waals surface area contributed by atoms with E-state index < -0.39 is 0 Å². The van der Waals surface area contributed by atoms with Gasteiger partial charge in [0.05, 0.1) is 17.3 Å². The summed E-state index contributed by atoms with van der Waals surface area (Å²) in [6, 6.07) is 12.5. The van der Waals surface area contributed by atoms with Gasteiger partial charge in [-0.3, -0.25) is 14.6 Å². The molecule has 1 saturated heterocycles. The van der Waals surface area contributed by atoms with Gasteiger partial charge < -0.3 is 10.2 Å². The minimum absolute atomic E-state index is 0.0470. The van der Waals surface area contributed by atoms with E-state index in [9.17, 15) is 9.59 Å². The topological polar surface area (TPSA) is 88.1 Å². The zero-order valence-corrected chi connectivity index (χ0v) is 16.8. The van der Waals surface area contributed by atoms with E-state index >= 15 is 0 Å². The minimum atomic E-state index is -0.251. The summed E-state index contributed by atoms with van der Waals surface area (Å²) in [5.74, 6) is 0.277. The first-order valence-electron chi connectivity index (χ1n) is 10.0. The lowest BCUT2D eigenvalue weighted by Crippen LogP contribution is -2.39. The molecular weight excluding hydrogens is 378 g/mol. The molecule has 0 saturated carbocycles. The molecular formula is C23H23N5O2. The van der Waals surface area contributed by atoms with Crippen LogP contribution in [-0.4, -0.2) is 38.2 Å². The van der Waals surface area contributed by atoms with Gasteiger partial charge in [0.2, 0.25) is 0 Å². The average Bonchev–Trinajstić information content (AvgIpc) is 2.79. The van der Waals surface area contributed by atoms with Crippen molar-refractivity contribution in [1.29, 1.82) is 0 Å². The van der Waals surface area contributed by atoms with E-state index in [-0.39, 0.29) is 17.9 Å². The summed E-state index contributed by atoms with van der Waals surface area (Å²) >= 11 is 0. The number of piperidine rings is 1. The van der Waals surface area contributed by atoms with Crippen LogP contribution in [0.2, 0.25) is 0 Å². The molecule has 1 atom stereocenters. The number of likely N-dealkylation sites (tertiary alicyclic amines) is 1. The summed E-state index contributed by atoms with van der Waals surface area (Å²) in [7, 11) is 0. The zero-order chi connectivity index (χ0) is 20.9. The molecule has 0 unspecified atom stereocenters. The molecule has 0 spiro atoms. The Balaban J connectivity index is 1.56. The molecule has 1 aliphatic rings. The third-order valence-corrected chi connectivity index (χ3v) is 5.26. The number of amides is 2. The molecule has 3 aromatic rings. The highest BCUT2D eigenvalue weighted by Gasteiger charge is 2.31. The van der Waals surface area contributed by atoms with Crippen molar-refractivity contribution in [3.8, 4) is 0 Å². The fourth-order valence-corrected chi connectivity index (χ4v) is 3.69. The van der Waals surface area contributed by atoms with Gasteiger partial charge in [-0.05, 0) is 50.5 Å². The second-order valence-electron chi connectivity index (χ2n) is 7.29. The van der Waals surface area contributed by atoms with Crippen LogP contribution in [0.3, 0.4) is 0 Å². The molecule has 1 fully saturated rings. The Bertz CT molecular complexity index is 1040. The van der Waals surface area contributed by atoms with E-state index in [1.54, 1.807) is 37.6 Å². The SMILES string of the molecule is Cc1nc([C@@H]2CCCCN2C(=O)c2ccncc2)ncc1C(=O)Nc1ccccc1. The fraction of sp³-hybridized carbons (Fsp3) is 0.261. The van der Waals surface area contributed by atoms with Gasteiger partial charge in [0.25, 0.3) is 11.8 Å². The molecule has 0 aliphatic carbocycles. The number of hydrogen-bond acceptors (Lipinski definition) is 5. The van der Waals surface area contributed by atoms with E-state index in [0.717, 1.165) is 19.3 Å². The molecule has 4 rings (SSSR count). The van der Waals surface area contributed by atoms with Crippen molar-refractivity contribution in [2.24, 2.45) is 0 Å². The number of nitrogens with one attached hydrogen (secondary N) is 1. The molecule has 3 heterocycles. The second kappa shape index (κ2) is 8.82. The van der Waals surface area contributed by atoms with Gasteiger partial charge in [-0.2, -0.15) is 0 Å². The molecule has 7 nitrogen and oxygen atoms in total. The van der Waals surface area contributed by atoms with Gasteiger partial charge in [0.1, 0.15) is 0 Å². The quantitative estimate of drug-likeness (QED) is 0.718. The van der Waals surface area contributed by atoms with E-state index in [1.807, 2.05) is 35.2 Å². The Kier molecular flexibility index (Phi) is 5.79. The fourth-order valence-electron chi connectivity index (χ4n) is 3.69. The maximum Gasteiger partial charge on any atom is 0.259 e. The number of carbonyl (C=O) groups excluding carboxylic acids is 2. The van der Waals surface area contributed by atoms with Crippen molar-refractivity contribution < 1.29 is 9.59 Å². The number of nitrogens with zero attached hydrogens (tertiary/aromatic N) is 4. The Labute approximate surface area is 175 Å². The van der Waals surface area contributed by atoms with Gasteiger partial charge in [-0.15, -0.1) is 0 Å². The first-order chi connectivity index (χ1) is 14.6. The molecule has 2 aromatic heterocycles. The summed E-state index contributed by atoms with van der Waals surface area (Å²) < 4.78 is 0. The molecule has 1 N–H and O–H groups in total. The number of pyridine rings is 1. The summed E-state index contributed by atoms with van der Waals surface area (Å²) in [5.41, 5.74) is 2.33. The van der Waals surface area contributed by atoms with Crippen molar-refractivity contribution >= 4 is 17.5 Å². The Morgan fingerprint density at radius 3 is 2.57 bits per heavy atom. The summed E-state index contributed by atoms with van der Waals surface area (Å²) in [6.45, 7) is 2.45. The summed E-state index contributed by atoms with van der Waals surface area (Å²) in [4.78, 5) is 40.5. The highest BCUT2D eigenvalue weighted by molar-refractivity contribution is 6.04. The number of para-hydroxylation sites is 1. The Morgan fingerprint density at radius 2 is 1.83 bits per heavy atom. The van der Waals surface area contributed by atoms with Crippen LogP contribution in [0.25, 0.3) is 0 Å². The second-order valence-corrected chi connectivity index (χ2v) is 7.29. The molecule has 1 aromatic carbocycles. The number of aromatic nitrogens is 3. The van der Waals surface area contributed by atoms with Crippen LogP contribution >= 0.6 is 0 Å². The molecule has 152 valence electrons. The van der Waals surface area contributed by atoms with Crippen molar-refractivity contribution in [1.82, 2.24) is 19.9 Å². The maximum atomic E-state index is 13.0. The van der Waals surface area contributed by atoms with Gasteiger partial charge >= 0.3 is 0 Å². The normalized spacial score (nSPS) is 16.2. The molecule has 30 heavy (non-hydrogen) atoms. The lowest BCUT2D eigenvalue weighted by molar-refractivity contribution is 0.0599. The zero-order valence-electron chi connectivity index (χ0n) is 16.8. The average molecular weight is 401 g/mol. The molecule has 1 aliphatic heterocycles. The van der Waals surface area contributed by atoms with Crippen LogP contribution in [0.15, 0.2) is 61.1 Å². The third-order valence-electron chi connectivity index (χ3n) is 5.26. The third kappa shape index (κ3) is 4.20. The number of aryl methyl sites for hydroxylation is 1. The van der Waals surface area contributed by atoms with E-state index in [1.165, 1.54) is 0 Å². The number of rotatable bonds is 4. The molecule has 7 heteroatoms. The highest BCUT2D eigenvalue weighted by Crippen LogP contribution is 2.30. The largest absolute Gasteiger partial charge is 0.328 e. The maximum absolute atomic E-state index is 13.0. The highest BCUT2D eigenvalue weighted by atomic mass is 16.2. The Morgan fingerprint density at radius 1 is 1.07 bits per heavy atom. The first-order valence-corrected chi connectivity index (χ1v) is 10.0. The van der Waals surface area contributed by atoms with E-state index in [4.69, 9.17) is 0 Å². The summed E-state index contributed by atoms with van der Waals surface area (Å²) in [6.07, 6.45) is 7.54. The molecule has 0 bridgehead atoms. The lowest BCUT2D eigenvalue weighted by atomic mass is 10.00. The van der Waals surface area contributed by atoms with Gasteiger partial charge in [-0.1, -0.05) is 18.2 Å². The number of anilines is 1. The van der Waals surface area contributed by atoms with Crippen LogP contribution < -0.4 is 5.32 Å². The monoisotopic (exact) mass is 401 g/mol.